The zero-order valence-electron chi connectivity index (χ0n) is 30.0. The van der Waals surface area contributed by atoms with E-state index in [1.54, 1.807) is 46.0 Å². The molecule has 0 saturated carbocycles. The van der Waals surface area contributed by atoms with E-state index in [-0.39, 0.29) is 38.0 Å². The average molecular weight is 743 g/mol. The molecule has 3 aromatic carbocycles. The van der Waals surface area contributed by atoms with Gasteiger partial charge in [-0.15, -0.1) is 0 Å². The molecule has 3 fully saturated rings. The van der Waals surface area contributed by atoms with E-state index < -0.39 is 49.8 Å². The van der Waals surface area contributed by atoms with Crippen LogP contribution < -0.4 is 14.7 Å². The topological polar surface area (TPSA) is 129 Å². The van der Waals surface area contributed by atoms with E-state index in [0.717, 1.165) is 16.7 Å². The zero-order valence-corrected chi connectivity index (χ0v) is 31.0. The van der Waals surface area contributed by atoms with Crippen molar-refractivity contribution in [1.29, 1.82) is 0 Å². The third-order valence-electron chi connectivity index (χ3n) is 11.6. The number of halogens is 1. The normalized spacial score (nSPS) is 26.7. The summed E-state index contributed by atoms with van der Waals surface area (Å²) in [5.41, 5.74) is 2.80. The SMILES string of the molecule is C[C@H]1[C@H]([Si](C)(C)F)[C@@H](CC(=O)N2Cc3ccccc3C[C@H]2CO)O[C@]12C(=O)N(Cc1ccc(N3CCOC3=O)cc1)c1ccc(N3CCOC3=O)cc12. The number of aliphatic hydroxyl groups excluding tert-OH is 1. The van der Waals surface area contributed by atoms with Gasteiger partial charge < -0.3 is 33.2 Å². The summed E-state index contributed by atoms with van der Waals surface area (Å²) in [5, 5.41) is 10.3. The molecule has 5 aliphatic rings. The van der Waals surface area contributed by atoms with Crippen LogP contribution in [0.4, 0.5) is 30.8 Å². The van der Waals surface area contributed by atoms with Crippen LogP contribution in [0, 0.1) is 5.92 Å². The van der Waals surface area contributed by atoms with Crippen molar-refractivity contribution in [1.82, 2.24) is 4.90 Å². The standard InChI is InChI=1S/C39H43FN4O8Si/c1-24-35(53(2,3)40)33(20-34(46)43-22-27-7-5-4-6-26(27)18-30(43)23-45)52-39(24)31-19-29(42-15-17-51-38(42)49)12-13-32(31)44(36(39)47)21-25-8-10-28(11-9-25)41-14-16-50-37(41)48/h4-13,19,24,30,33,35,45H,14-18,20-23H2,1-3H3/t24-,30-,33+,35-,39+/m0/s1. The monoisotopic (exact) mass is 742 g/mol. The highest BCUT2D eigenvalue weighted by Gasteiger charge is 2.67. The Morgan fingerprint density at radius 1 is 0.925 bits per heavy atom. The molecule has 0 bridgehead atoms. The fraction of sp³-hybridized carbons (Fsp3) is 0.436. The largest absolute Gasteiger partial charge is 0.447 e. The lowest BCUT2D eigenvalue weighted by Crippen LogP contribution is -2.48. The van der Waals surface area contributed by atoms with Gasteiger partial charge in [-0.1, -0.05) is 43.3 Å². The van der Waals surface area contributed by atoms with Gasteiger partial charge in [-0.05, 0) is 66.5 Å². The van der Waals surface area contributed by atoms with Crippen LogP contribution in [0.2, 0.25) is 18.6 Å². The summed E-state index contributed by atoms with van der Waals surface area (Å²) in [7, 11) is -3.61. The molecule has 0 radical (unpaired) electrons. The molecule has 1 N–H and O–H groups in total. The maximum atomic E-state index is 16.6. The van der Waals surface area contributed by atoms with Gasteiger partial charge in [0, 0.05) is 34.9 Å². The molecule has 14 heteroatoms. The molecule has 1 spiro atoms. The van der Waals surface area contributed by atoms with Crippen molar-refractivity contribution in [2.24, 2.45) is 5.92 Å². The van der Waals surface area contributed by atoms with E-state index in [4.69, 9.17) is 14.2 Å². The zero-order chi connectivity index (χ0) is 37.2. The van der Waals surface area contributed by atoms with Gasteiger partial charge in [0.05, 0.1) is 50.5 Å². The number of anilines is 3. The number of ether oxygens (including phenoxy) is 3. The summed E-state index contributed by atoms with van der Waals surface area (Å²) < 4.78 is 33.8. The third kappa shape index (κ3) is 5.87. The number of benzene rings is 3. The Kier molecular flexibility index (Phi) is 8.81. The number of aliphatic hydroxyl groups is 1. The number of carbonyl (C=O) groups is 4. The van der Waals surface area contributed by atoms with E-state index in [0.29, 0.717) is 55.3 Å². The van der Waals surface area contributed by atoms with Crippen LogP contribution in [-0.2, 0) is 48.9 Å². The summed E-state index contributed by atoms with van der Waals surface area (Å²) in [5.74, 6) is -1.30. The molecule has 8 rings (SSSR count). The summed E-state index contributed by atoms with van der Waals surface area (Å²) in [6.07, 6.45) is -1.48. The Morgan fingerprint density at radius 3 is 2.19 bits per heavy atom. The Morgan fingerprint density at radius 2 is 1.57 bits per heavy atom. The van der Waals surface area contributed by atoms with Crippen LogP contribution in [0.1, 0.15) is 35.6 Å². The van der Waals surface area contributed by atoms with Gasteiger partial charge in [-0.2, -0.15) is 0 Å². The van der Waals surface area contributed by atoms with Crippen LogP contribution in [0.5, 0.6) is 0 Å². The maximum absolute atomic E-state index is 16.6. The van der Waals surface area contributed by atoms with Gasteiger partial charge in [-0.3, -0.25) is 19.4 Å². The molecule has 0 unspecified atom stereocenters. The number of cyclic esters (lactones) is 2. The molecule has 12 nitrogen and oxygen atoms in total. The van der Waals surface area contributed by atoms with Crippen LogP contribution in [0.15, 0.2) is 66.7 Å². The third-order valence-corrected chi connectivity index (χ3v) is 14.1. The second-order valence-electron chi connectivity index (χ2n) is 15.1. The molecule has 278 valence electrons. The van der Waals surface area contributed by atoms with Crippen molar-refractivity contribution >= 4 is 49.5 Å². The molecule has 0 aliphatic carbocycles. The van der Waals surface area contributed by atoms with E-state index in [1.807, 2.05) is 55.5 Å². The lowest BCUT2D eigenvalue weighted by atomic mass is 9.82. The molecule has 53 heavy (non-hydrogen) atoms. The minimum atomic E-state index is -3.61. The first-order valence-electron chi connectivity index (χ1n) is 18.2. The van der Waals surface area contributed by atoms with Gasteiger partial charge in [0.25, 0.3) is 5.91 Å². The number of nitrogens with zero attached hydrogens (tertiary/aromatic N) is 4. The van der Waals surface area contributed by atoms with Crippen molar-refractivity contribution < 1.29 is 42.6 Å². The fourth-order valence-corrected chi connectivity index (χ4v) is 11.6. The molecule has 3 saturated heterocycles. The molecular weight excluding hydrogens is 700 g/mol. The lowest BCUT2D eigenvalue weighted by molar-refractivity contribution is -0.151. The highest BCUT2D eigenvalue weighted by Crippen LogP contribution is 2.61. The van der Waals surface area contributed by atoms with E-state index >= 15 is 8.90 Å². The summed E-state index contributed by atoms with van der Waals surface area (Å²) in [6, 6.07) is 20.0. The number of carbonyl (C=O) groups excluding carboxylic acids is 4. The van der Waals surface area contributed by atoms with Crippen molar-refractivity contribution in [3.63, 3.8) is 0 Å². The van der Waals surface area contributed by atoms with Gasteiger partial charge >= 0.3 is 12.2 Å². The van der Waals surface area contributed by atoms with E-state index in [2.05, 4.69) is 0 Å². The van der Waals surface area contributed by atoms with Gasteiger partial charge in [0.15, 0.2) is 5.60 Å². The van der Waals surface area contributed by atoms with Gasteiger partial charge in [-0.25, -0.2) is 9.59 Å². The van der Waals surface area contributed by atoms with Crippen LogP contribution in [-0.4, -0.2) is 87.5 Å². The molecular formula is C39H43FN4O8Si. The van der Waals surface area contributed by atoms with Crippen molar-refractivity contribution in [2.75, 3.05) is 47.6 Å². The Balaban J connectivity index is 1.15. The highest BCUT2D eigenvalue weighted by molar-refractivity contribution is 6.72. The highest BCUT2D eigenvalue weighted by atomic mass is 28.4. The smallest absolute Gasteiger partial charge is 0.414 e. The summed E-state index contributed by atoms with van der Waals surface area (Å²) >= 11 is 0. The summed E-state index contributed by atoms with van der Waals surface area (Å²) in [6.45, 7) is 6.62. The Bertz CT molecular complexity index is 1970. The number of hydrogen-bond donors (Lipinski definition) is 1. The van der Waals surface area contributed by atoms with Gasteiger partial charge in [0.2, 0.25) is 14.3 Å². The maximum Gasteiger partial charge on any atom is 0.414 e. The molecule has 5 heterocycles. The first-order chi connectivity index (χ1) is 25.4. The van der Waals surface area contributed by atoms with Crippen LogP contribution in [0.3, 0.4) is 0 Å². The van der Waals surface area contributed by atoms with E-state index in [1.165, 1.54) is 4.90 Å². The van der Waals surface area contributed by atoms with Crippen molar-refractivity contribution in [3.05, 3.63) is 89.0 Å². The molecule has 4 amide bonds. The van der Waals surface area contributed by atoms with Gasteiger partial charge in [0.1, 0.15) is 13.2 Å². The average Bonchev–Trinajstić information content (AvgIpc) is 3.90. The first-order valence-corrected chi connectivity index (χ1v) is 21.1. The van der Waals surface area contributed by atoms with Crippen molar-refractivity contribution in [3.8, 4) is 0 Å². The molecule has 5 aliphatic heterocycles. The quantitative estimate of drug-likeness (QED) is 0.245. The first kappa shape index (κ1) is 35.2. The number of fused-ring (bicyclic) bond motifs is 3. The second kappa shape index (κ2) is 13.3. The number of amides is 4. The fourth-order valence-electron chi connectivity index (χ4n) is 9.11. The molecule has 5 atom stereocenters. The second-order valence-corrected chi connectivity index (χ2v) is 18.9. The number of hydrogen-bond acceptors (Lipinski definition) is 8. The summed E-state index contributed by atoms with van der Waals surface area (Å²) in [4.78, 5) is 60.4. The Labute approximate surface area is 308 Å². The number of rotatable bonds is 8. The lowest BCUT2D eigenvalue weighted by Gasteiger charge is -2.37. The predicted octanol–water partition coefficient (Wildman–Crippen LogP) is 5.26. The Hall–Kier alpha value is -4.79. The molecule has 0 aromatic heterocycles. The van der Waals surface area contributed by atoms with Crippen LogP contribution >= 0.6 is 0 Å². The minimum Gasteiger partial charge on any atom is -0.447 e. The molecule has 3 aromatic rings. The predicted molar refractivity (Wildman–Crippen MR) is 196 cm³/mol. The van der Waals surface area contributed by atoms with Crippen molar-refractivity contribution in [2.45, 2.75) is 69.2 Å². The minimum absolute atomic E-state index is 0.156. The van der Waals surface area contributed by atoms with Crippen LogP contribution in [0.25, 0.3) is 0 Å². The van der Waals surface area contributed by atoms with E-state index in [9.17, 15) is 19.5 Å².